The van der Waals surface area contributed by atoms with Gasteiger partial charge in [-0.1, -0.05) is 20.3 Å². The summed E-state index contributed by atoms with van der Waals surface area (Å²) < 4.78 is 2.03. The molecule has 100 valence electrons. The fourth-order valence-electron chi connectivity index (χ4n) is 2.08. The van der Waals surface area contributed by atoms with Crippen molar-refractivity contribution in [2.24, 2.45) is 13.0 Å². The van der Waals surface area contributed by atoms with Crippen LogP contribution in [0.3, 0.4) is 0 Å². The van der Waals surface area contributed by atoms with Gasteiger partial charge in [-0.3, -0.25) is 4.79 Å². The van der Waals surface area contributed by atoms with Gasteiger partial charge in [-0.25, -0.2) is 0 Å². The molecule has 0 aromatic carbocycles. The lowest BCUT2D eigenvalue weighted by Crippen LogP contribution is -2.29. The molecule has 18 heavy (non-hydrogen) atoms. The van der Waals surface area contributed by atoms with E-state index in [1.165, 1.54) is 19.3 Å². The second kappa shape index (κ2) is 5.50. The number of aromatic nitrogens is 3. The topological polar surface area (TPSA) is 59.8 Å². The van der Waals surface area contributed by atoms with Crippen LogP contribution in [-0.4, -0.2) is 20.7 Å². The van der Waals surface area contributed by atoms with Crippen molar-refractivity contribution in [1.82, 2.24) is 20.1 Å². The van der Waals surface area contributed by atoms with Gasteiger partial charge in [0, 0.05) is 18.9 Å². The monoisotopic (exact) mass is 250 g/mol. The number of nitrogens with zero attached hydrogens (tertiary/aromatic N) is 3. The van der Waals surface area contributed by atoms with Crippen LogP contribution in [0.15, 0.2) is 0 Å². The van der Waals surface area contributed by atoms with Crippen LogP contribution in [0.1, 0.15) is 57.1 Å². The molecule has 1 aliphatic rings. The number of nitrogens with one attached hydrogen (secondary N) is 1. The lowest BCUT2D eigenvalue weighted by atomic mass is 9.85. The van der Waals surface area contributed by atoms with E-state index in [4.69, 9.17) is 0 Å². The second-order valence-electron chi connectivity index (χ2n) is 5.19. The van der Waals surface area contributed by atoms with Crippen molar-refractivity contribution < 1.29 is 4.79 Å². The quantitative estimate of drug-likeness (QED) is 0.866. The molecule has 1 fully saturated rings. The van der Waals surface area contributed by atoms with Crippen molar-refractivity contribution in [3.05, 3.63) is 11.6 Å². The minimum Gasteiger partial charge on any atom is -0.349 e. The first-order valence-corrected chi connectivity index (χ1v) is 6.79. The van der Waals surface area contributed by atoms with Gasteiger partial charge in [0.2, 0.25) is 5.91 Å². The standard InChI is InChI=1S/C13H22N4O/c1-4-9(2)13(18)14-8-11-15-16-12(17(11)3)10-6-5-7-10/h9-10H,4-8H2,1-3H3,(H,14,18). The molecule has 2 rings (SSSR count). The number of amides is 1. The summed E-state index contributed by atoms with van der Waals surface area (Å²) in [5, 5.41) is 11.3. The van der Waals surface area contributed by atoms with E-state index in [0.29, 0.717) is 12.5 Å². The summed E-state index contributed by atoms with van der Waals surface area (Å²) in [6.07, 6.45) is 4.58. The van der Waals surface area contributed by atoms with E-state index in [1.807, 2.05) is 25.5 Å². The molecule has 0 radical (unpaired) electrons. The van der Waals surface area contributed by atoms with Crippen LogP contribution in [0.5, 0.6) is 0 Å². The number of hydrogen-bond donors (Lipinski definition) is 1. The minimum atomic E-state index is 0.0596. The first-order valence-electron chi connectivity index (χ1n) is 6.79. The molecule has 1 N–H and O–H groups in total. The van der Waals surface area contributed by atoms with Gasteiger partial charge in [0.1, 0.15) is 5.82 Å². The third kappa shape index (κ3) is 2.54. The highest BCUT2D eigenvalue weighted by Crippen LogP contribution is 2.34. The average Bonchev–Trinajstić information content (AvgIpc) is 2.65. The van der Waals surface area contributed by atoms with Gasteiger partial charge < -0.3 is 9.88 Å². The molecule has 0 aliphatic heterocycles. The Labute approximate surface area is 108 Å². The van der Waals surface area contributed by atoms with Gasteiger partial charge in [-0.15, -0.1) is 10.2 Å². The van der Waals surface area contributed by atoms with Gasteiger partial charge in [-0.2, -0.15) is 0 Å². The molecule has 1 aromatic rings. The smallest absolute Gasteiger partial charge is 0.223 e. The van der Waals surface area contributed by atoms with Crippen molar-refractivity contribution in [2.45, 2.75) is 52.0 Å². The van der Waals surface area contributed by atoms with Crippen LogP contribution in [0.2, 0.25) is 0 Å². The van der Waals surface area contributed by atoms with Crippen LogP contribution in [0, 0.1) is 5.92 Å². The average molecular weight is 250 g/mol. The normalized spacial score (nSPS) is 17.3. The largest absolute Gasteiger partial charge is 0.349 e. The number of hydrogen-bond acceptors (Lipinski definition) is 3. The van der Waals surface area contributed by atoms with Crippen LogP contribution in [0.4, 0.5) is 0 Å². The molecule has 1 unspecified atom stereocenters. The predicted molar refractivity (Wildman–Crippen MR) is 68.9 cm³/mol. The summed E-state index contributed by atoms with van der Waals surface area (Å²) in [6.45, 7) is 4.42. The number of carbonyl (C=O) groups is 1. The summed E-state index contributed by atoms with van der Waals surface area (Å²) in [6, 6.07) is 0. The van der Waals surface area contributed by atoms with E-state index >= 15 is 0 Å². The second-order valence-corrected chi connectivity index (χ2v) is 5.19. The summed E-state index contributed by atoms with van der Waals surface area (Å²) in [4.78, 5) is 11.7. The van der Waals surface area contributed by atoms with Crippen molar-refractivity contribution in [3.63, 3.8) is 0 Å². The molecule has 5 heteroatoms. The zero-order valence-corrected chi connectivity index (χ0v) is 11.4. The molecule has 1 amide bonds. The molecular formula is C13H22N4O. The summed E-state index contributed by atoms with van der Waals surface area (Å²) in [7, 11) is 1.98. The van der Waals surface area contributed by atoms with Crippen LogP contribution < -0.4 is 5.32 Å². The van der Waals surface area contributed by atoms with Crippen LogP contribution >= 0.6 is 0 Å². The van der Waals surface area contributed by atoms with Gasteiger partial charge in [0.15, 0.2) is 5.82 Å². The Morgan fingerprint density at radius 2 is 2.22 bits per heavy atom. The summed E-state index contributed by atoms with van der Waals surface area (Å²) >= 11 is 0. The van der Waals surface area contributed by atoms with Gasteiger partial charge in [-0.05, 0) is 19.3 Å². The first-order chi connectivity index (χ1) is 8.63. The Bertz CT molecular complexity index is 423. The Morgan fingerprint density at radius 3 is 2.78 bits per heavy atom. The van der Waals surface area contributed by atoms with E-state index < -0.39 is 0 Å². The van der Waals surface area contributed by atoms with Crippen molar-refractivity contribution in [3.8, 4) is 0 Å². The molecule has 1 aliphatic carbocycles. The van der Waals surface area contributed by atoms with Crippen molar-refractivity contribution in [2.75, 3.05) is 0 Å². The van der Waals surface area contributed by atoms with Crippen LogP contribution in [0.25, 0.3) is 0 Å². The fourth-order valence-corrected chi connectivity index (χ4v) is 2.08. The third-order valence-corrected chi connectivity index (χ3v) is 3.95. The Morgan fingerprint density at radius 1 is 1.50 bits per heavy atom. The molecule has 0 saturated heterocycles. The fraction of sp³-hybridized carbons (Fsp3) is 0.769. The number of carbonyl (C=O) groups excluding carboxylic acids is 1. The van der Waals surface area contributed by atoms with Gasteiger partial charge in [0.05, 0.1) is 6.54 Å². The van der Waals surface area contributed by atoms with E-state index in [-0.39, 0.29) is 11.8 Å². The molecular weight excluding hydrogens is 228 g/mol. The summed E-state index contributed by atoms with van der Waals surface area (Å²) in [5.41, 5.74) is 0. The first kappa shape index (κ1) is 13.1. The van der Waals surface area contributed by atoms with E-state index in [2.05, 4.69) is 15.5 Å². The highest BCUT2D eigenvalue weighted by Gasteiger charge is 2.25. The zero-order chi connectivity index (χ0) is 13.1. The maximum atomic E-state index is 11.7. The molecule has 1 atom stereocenters. The molecule has 5 nitrogen and oxygen atoms in total. The molecule has 1 saturated carbocycles. The van der Waals surface area contributed by atoms with Gasteiger partial charge >= 0.3 is 0 Å². The third-order valence-electron chi connectivity index (χ3n) is 3.95. The zero-order valence-electron chi connectivity index (χ0n) is 11.4. The Balaban J connectivity index is 1.93. The van der Waals surface area contributed by atoms with E-state index in [1.54, 1.807) is 0 Å². The minimum absolute atomic E-state index is 0.0596. The lowest BCUT2D eigenvalue weighted by Gasteiger charge is -2.24. The molecule has 1 heterocycles. The highest BCUT2D eigenvalue weighted by atomic mass is 16.1. The Kier molecular flexibility index (Phi) is 3.99. The Hall–Kier alpha value is -1.39. The van der Waals surface area contributed by atoms with Gasteiger partial charge in [0.25, 0.3) is 0 Å². The van der Waals surface area contributed by atoms with E-state index in [9.17, 15) is 4.79 Å². The predicted octanol–water partition coefficient (Wildman–Crippen LogP) is 1.74. The highest BCUT2D eigenvalue weighted by molar-refractivity contribution is 5.78. The van der Waals surface area contributed by atoms with Crippen LogP contribution in [-0.2, 0) is 18.4 Å². The maximum absolute atomic E-state index is 11.7. The van der Waals surface area contributed by atoms with Crippen molar-refractivity contribution in [1.29, 1.82) is 0 Å². The maximum Gasteiger partial charge on any atom is 0.223 e. The van der Waals surface area contributed by atoms with E-state index in [0.717, 1.165) is 18.1 Å². The lowest BCUT2D eigenvalue weighted by molar-refractivity contribution is -0.124. The molecule has 0 spiro atoms. The SMILES string of the molecule is CCC(C)C(=O)NCc1nnc(C2CCC2)n1C. The number of rotatable bonds is 5. The van der Waals surface area contributed by atoms with Crippen molar-refractivity contribution >= 4 is 5.91 Å². The summed E-state index contributed by atoms with van der Waals surface area (Å²) in [5.74, 6) is 2.62. The molecule has 0 bridgehead atoms. The molecule has 1 aromatic heterocycles.